The van der Waals surface area contributed by atoms with Gasteiger partial charge in [0.15, 0.2) is 0 Å². The minimum Gasteiger partial charge on any atom is -0.321 e. The molecule has 0 spiro atoms. The van der Waals surface area contributed by atoms with Crippen LogP contribution in [0.3, 0.4) is 0 Å². The Morgan fingerprint density at radius 2 is 1.59 bits per heavy atom. The van der Waals surface area contributed by atoms with Gasteiger partial charge in [0.05, 0.1) is 23.2 Å². The molecule has 3 rings (SSSR count). The highest BCUT2D eigenvalue weighted by molar-refractivity contribution is 5.75. The van der Waals surface area contributed by atoms with Gasteiger partial charge in [0.1, 0.15) is 0 Å². The maximum Gasteiger partial charge on any atom is 0.416 e. The third-order valence-corrected chi connectivity index (χ3v) is 6.02. The summed E-state index contributed by atoms with van der Waals surface area (Å²) in [6.45, 7) is 3.82. The fourth-order valence-electron chi connectivity index (χ4n) is 4.09. The summed E-state index contributed by atoms with van der Waals surface area (Å²) in [6, 6.07) is 7.44. The SMILES string of the molecule is Cc1ccccc1C1CCCN1C(=O)N(C)C(C)c1cc(C(F)(F)F)cc(C(F)(F)F)c1. The van der Waals surface area contributed by atoms with Crippen molar-refractivity contribution in [3.8, 4) is 0 Å². The summed E-state index contributed by atoms with van der Waals surface area (Å²) in [5.41, 5.74) is -1.02. The molecule has 32 heavy (non-hydrogen) atoms. The molecular formula is C23H24F6N2O. The lowest BCUT2D eigenvalue weighted by Crippen LogP contribution is -2.42. The van der Waals surface area contributed by atoms with Gasteiger partial charge in [-0.2, -0.15) is 26.3 Å². The van der Waals surface area contributed by atoms with Crippen molar-refractivity contribution >= 4 is 6.03 Å². The first-order valence-corrected chi connectivity index (χ1v) is 10.2. The second-order valence-electron chi connectivity index (χ2n) is 8.12. The zero-order valence-corrected chi connectivity index (χ0v) is 17.9. The molecule has 1 saturated heterocycles. The van der Waals surface area contributed by atoms with Gasteiger partial charge in [-0.15, -0.1) is 0 Å². The molecule has 3 nitrogen and oxygen atoms in total. The minimum absolute atomic E-state index is 0.0900. The van der Waals surface area contributed by atoms with E-state index in [0.29, 0.717) is 18.7 Å². The number of carbonyl (C=O) groups excluding carboxylic acids is 1. The highest BCUT2D eigenvalue weighted by atomic mass is 19.4. The number of nitrogens with zero attached hydrogens (tertiary/aromatic N) is 2. The van der Waals surface area contributed by atoms with Gasteiger partial charge in [-0.1, -0.05) is 24.3 Å². The molecule has 1 aliphatic heterocycles. The number of rotatable bonds is 3. The van der Waals surface area contributed by atoms with Crippen molar-refractivity contribution in [2.24, 2.45) is 0 Å². The molecule has 1 heterocycles. The van der Waals surface area contributed by atoms with Crippen LogP contribution in [0.25, 0.3) is 0 Å². The van der Waals surface area contributed by atoms with E-state index < -0.39 is 35.6 Å². The molecule has 0 radical (unpaired) electrons. The molecule has 1 fully saturated rings. The minimum atomic E-state index is -4.94. The average molecular weight is 458 g/mol. The Kier molecular flexibility index (Phi) is 6.49. The fourth-order valence-corrected chi connectivity index (χ4v) is 4.09. The van der Waals surface area contributed by atoms with Crippen molar-refractivity contribution in [3.05, 3.63) is 70.3 Å². The molecule has 0 N–H and O–H groups in total. The molecule has 174 valence electrons. The van der Waals surface area contributed by atoms with Gasteiger partial charge in [0, 0.05) is 13.6 Å². The van der Waals surface area contributed by atoms with E-state index in [9.17, 15) is 31.1 Å². The van der Waals surface area contributed by atoms with Gasteiger partial charge in [-0.3, -0.25) is 0 Å². The van der Waals surface area contributed by atoms with Crippen molar-refractivity contribution in [2.45, 2.75) is 51.1 Å². The number of carbonyl (C=O) groups is 1. The molecule has 0 aromatic heterocycles. The largest absolute Gasteiger partial charge is 0.416 e. The molecule has 2 amide bonds. The summed E-state index contributed by atoms with van der Waals surface area (Å²) in [6.07, 6.45) is -8.39. The third kappa shape index (κ3) is 4.86. The van der Waals surface area contributed by atoms with Gasteiger partial charge in [-0.25, -0.2) is 4.79 Å². The van der Waals surface area contributed by atoms with Crippen molar-refractivity contribution in [2.75, 3.05) is 13.6 Å². The van der Waals surface area contributed by atoms with Crippen molar-refractivity contribution in [3.63, 3.8) is 0 Å². The first-order valence-electron chi connectivity index (χ1n) is 10.2. The Hall–Kier alpha value is -2.71. The molecule has 1 aliphatic rings. The number of halogens is 6. The molecule has 0 bridgehead atoms. The Balaban J connectivity index is 1.91. The van der Waals surface area contributed by atoms with Crippen LogP contribution in [0.2, 0.25) is 0 Å². The molecule has 2 aromatic carbocycles. The maximum absolute atomic E-state index is 13.2. The van der Waals surface area contributed by atoms with Crippen LogP contribution >= 0.6 is 0 Å². The van der Waals surface area contributed by atoms with E-state index in [4.69, 9.17) is 0 Å². The smallest absolute Gasteiger partial charge is 0.321 e. The topological polar surface area (TPSA) is 23.6 Å². The Morgan fingerprint density at radius 1 is 1.03 bits per heavy atom. The highest BCUT2D eigenvalue weighted by Gasteiger charge is 2.39. The van der Waals surface area contributed by atoms with Gasteiger partial charge >= 0.3 is 18.4 Å². The van der Waals surface area contributed by atoms with Crippen LogP contribution < -0.4 is 0 Å². The van der Waals surface area contributed by atoms with Crippen LogP contribution in [-0.2, 0) is 12.4 Å². The molecule has 9 heteroatoms. The standard InChI is InChI=1S/C23H24F6N2O/c1-14-7-4-5-8-19(14)20-9-6-10-31(20)21(32)30(3)15(2)16-11-17(22(24,25)26)13-18(12-16)23(27,28)29/h4-5,7-8,11-13,15,20H,6,9-10H2,1-3H3. The van der Waals surface area contributed by atoms with Crippen LogP contribution in [0.1, 0.15) is 59.7 Å². The number of urea groups is 1. The third-order valence-electron chi connectivity index (χ3n) is 6.02. The quantitative estimate of drug-likeness (QED) is 0.455. The number of aryl methyl sites for hydroxylation is 1. The normalized spacial score (nSPS) is 18.0. The van der Waals surface area contributed by atoms with Gasteiger partial charge in [-0.05, 0) is 61.6 Å². The first-order chi connectivity index (χ1) is 14.8. The second kappa shape index (κ2) is 8.67. The summed E-state index contributed by atoms with van der Waals surface area (Å²) in [5, 5.41) is 0. The molecule has 2 unspecified atom stereocenters. The van der Waals surface area contributed by atoms with E-state index in [1.807, 2.05) is 31.2 Å². The van der Waals surface area contributed by atoms with Crippen LogP contribution in [0.5, 0.6) is 0 Å². The van der Waals surface area contributed by atoms with E-state index in [-0.39, 0.29) is 17.7 Å². The Morgan fingerprint density at radius 3 is 2.12 bits per heavy atom. The zero-order chi connectivity index (χ0) is 23.8. The lowest BCUT2D eigenvalue weighted by atomic mass is 9.99. The van der Waals surface area contributed by atoms with Crippen molar-refractivity contribution in [1.29, 1.82) is 0 Å². The highest BCUT2D eigenvalue weighted by Crippen LogP contribution is 2.39. The number of hydrogen-bond acceptors (Lipinski definition) is 1. The van der Waals surface area contributed by atoms with E-state index >= 15 is 0 Å². The van der Waals surface area contributed by atoms with Crippen molar-refractivity contribution < 1.29 is 31.1 Å². The molecule has 2 aromatic rings. The van der Waals surface area contributed by atoms with E-state index in [1.54, 1.807) is 4.90 Å². The van der Waals surface area contributed by atoms with Crippen LogP contribution in [0, 0.1) is 6.92 Å². The monoisotopic (exact) mass is 458 g/mol. The van der Waals surface area contributed by atoms with Gasteiger partial charge in [0.2, 0.25) is 0 Å². The van der Waals surface area contributed by atoms with Crippen LogP contribution in [0.15, 0.2) is 42.5 Å². The predicted octanol–water partition coefficient (Wildman–Crippen LogP) is 6.98. The maximum atomic E-state index is 13.2. The van der Waals surface area contributed by atoms with E-state index in [1.165, 1.54) is 18.9 Å². The van der Waals surface area contributed by atoms with Crippen LogP contribution in [0.4, 0.5) is 31.1 Å². The van der Waals surface area contributed by atoms with E-state index in [2.05, 4.69) is 0 Å². The molecule has 0 aliphatic carbocycles. The molecule has 2 atom stereocenters. The molecular weight excluding hydrogens is 434 g/mol. The number of benzene rings is 2. The summed E-state index contributed by atoms with van der Waals surface area (Å²) in [5.74, 6) is 0. The number of likely N-dealkylation sites (tertiary alicyclic amines) is 1. The van der Waals surface area contributed by atoms with Gasteiger partial charge in [0.25, 0.3) is 0 Å². The zero-order valence-electron chi connectivity index (χ0n) is 17.9. The second-order valence-corrected chi connectivity index (χ2v) is 8.12. The van der Waals surface area contributed by atoms with E-state index in [0.717, 1.165) is 24.0 Å². The van der Waals surface area contributed by atoms with Gasteiger partial charge < -0.3 is 9.80 Å². The Labute approximate surface area is 182 Å². The average Bonchev–Trinajstić information content (AvgIpc) is 3.20. The first kappa shape index (κ1) is 23.9. The van der Waals surface area contributed by atoms with Crippen molar-refractivity contribution in [1.82, 2.24) is 9.80 Å². The number of alkyl halides is 6. The summed E-state index contributed by atoms with van der Waals surface area (Å²) < 4.78 is 79.4. The summed E-state index contributed by atoms with van der Waals surface area (Å²) in [4.78, 5) is 16.1. The summed E-state index contributed by atoms with van der Waals surface area (Å²) >= 11 is 0. The fraction of sp³-hybridized carbons (Fsp3) is 0.435. The number of hydrogen-bond donors (Lipinski definition) is 0. The van der Waals surface area contributed by atoms with Crippen LogP contribution in [-0.4, -0.2) is 29.4 Å². The summed E-state index contributed by atoms with van der Waals surface area (Å²) in [7, 11) is 1.40. The predicted molar refractivity (Wildman–Crippen MR) is 108 cm³/mol. The Bertz CT molecular complexity index is 953. The lowest BCUT2D eigenvalue weighted by Gasteiger charge is -2.34. The number of amides is 2. The molecule has 0 saturated carbocycles. The lowest BCUT2D eigenvalue weighted by molar-refractivity contribution is -0.143.